The number of rotatable bonds is 16. The lowest BCUT2D eigenvalue weighted by Gasteiger charge is -2.16. The van der Waals surface area contributed by atoms with Crippen molar-refractivity contribution in [2.75, 3.05) is 40.5 Å². The van der Waals surface area contributed by atoms with Gasteiger partial charge in [-0.1, -0.05) is 18.0 Å². The van der Waals surface area contributed by atoms with Gasteiger partial charge in [0.1, 0.15) is 5.71 Å². The third-order valence-corrected chi connectivity index (χ3v) is 4.57. The normalized spacial score (nSPS) is 11.0. The molecule has 1 rings (SSSR count). The maximum Gasteiger partial charge on any atom is 0.269 e. The average molecular weight is 453 g/mol. The molecule has 0 fully saturated rings. The van der Waals surface area contributed by atoms with Crippen molar-refractivity contribution < 1.29 is 24.2 Å². The van der Waals surface area contributed by atoms with Crippen molar-refractivity contribution in [2.24, 2.45) is 16.6 Å². The Morgan fingerprint density at radius 2 is 1.66 bits per heavy atom. The van der Waals surface area contributed by atoms with Gasteiger partial charge < -0.3 is 41.5 Å². The monoisotopic (exact) mass is 452 g/mol. The largest absolute Gasteiger partial charge is 0.493 e. The van der Waals surface area contributed by atoms with Crippen molar-refractivity contribution in [3.05, 3.63) is 17.7 Å². The number of amides is 1. The van der Waals surface area contributed by atoms with Crippen LogP contribution in [0.2, 0.25) is 0 Å². The Morgan fingerprint density at radius 1 is 1.06 bits per heavy atom. The number of carbonyl (C=O) groups is 1. The highest BCUT2D eigenvalue weighted by Gasteiger charge is 2.18. The zero-order valence-corrected chi connectivity index (χ0v) is 18.9. The number of guanidine groups is 1. The average Bonchev–Trinajstić information content (AvgIpc) is 2.79. The molecule has 11 heteroatoms. The third-order valence-electron chi connectivity index (χ3n) is 4.57. The Balaban J connectivity index is 2.60. The van der Waals surface area contributed by atoms with Gasteiger partial charge in [0.2, 0.25) is 5.75 Å². The fourth-order valence-corrected chi connectivity index (χ4v) is 2.92. The van der Waals surface area contributed by atoms with E-state index in [-0.39, 0.29) is 18.1 Å². The summed E-state index contributed by atoms with van der Waals surface area (Å²) in [5, 5.41) is 25.1. The van der Waals surface area contributed by atoms with E-state index in [4.69, 9.17) is 31.1 Å². The molecular formula is C21H36N6O5. The van der Waals surface area contributed by atoms with Gasteiger partial charge in [-0.25, -0.2) is 0 Å². The number of nitrogens with zero attached hydrogens (tertiary/aromatic N) is 1. The Kier molecular flexibility index (Phi) is 13.1. The molecule has 11 nitrogen and oxygen atoms in total. The predicted molar refractivity (Wildman–Crippen MR) is 123 cm³/mol. The van der Waals surface area contributed by atoms with Gasteiger partial charge in [0.15, 0.2) is 17.5 Å². The minimum atomic E-state index is -0.438. The summed E-state index contributed by atoms with van der Waals surface area (Å²) >= 11 is 0. The zero-order chi connectivity index (χ0) is 23.8. The van der Waals surface area contributed by atoms with Crippen LogP contribution in [0.15, 0.2) is 17.3 Å². The Bertz CT molecular complexity index is 731. The quantitative estimate of drug-likeness (QED) is 0.0706. The molecule has 0 radical (unpaired) electrons. The number of ether oxygens (including phenoxy) is 3. The zero-order valence-electron chi connectivity index (χ0n) is 18.9. The predicted octanol–water partition coefficient (Wildman–Crippen LogP) is 0.964. The lowest BCUT2D eigenvalue weighted by molar-refractivity contribution is -0.115. The van der Waals surface area contributed by atoms with Crippen LogP contribution >= 0.6 is 0 Å². The fraction of sp³-hybridized carbons (Fsp3) is 0.571. The van der Waals surface area contributed by atoms with Gasteiger partial charge in [-0.15, -0.1) is 0 Å². The van der Waals surface area contributed by atoms with Crippen LogP contribution < -0.4 is 36.3 Å². The van der Waals surface area contributed by atoms with Crippen molar-refractivity contribution in [3.63, 3.8) is 0 Å². The van der Waals surface area contributed by atoms with E-state index in [1.807, 2.05) is 0 Å². The number of oxime groups is 1. The van der Waals surface area contributed by atoms with Gasteiger partial charge in [-0.2, -0.15) is 0 Å². The van der Waals surface area contributed by atoms with Crippen LogP contribution in [-0.2, 0) is 11.2 Å². The molecule has 0 bridgehead atoms. The number of carbonyl (C=O) groups excluding carboxylic acids is 1. The molecule has 0 aliphatic rings. The molecule has 32 heavy (non-hydrogen) atoms. The van der Waals surface area contributed by atoms with Crippen molar-refractivity contribution in [2.45, 2.75) is 38.5 Å². The maximum atomic E-state index is 12.4. The number of unbranched alkanes of at least 4 members (excludes halogenated alkanes) is 3. The molecule has 1 amide bonds. The van der Waals surface area contributed by atoms with Gasteiger partial charge in [0.05, 0.1) is 20.8 Å². The molecule has 0 atom stereocenters. The van der Waals surface area contributed by atoms with Crippen LogP contribution in [-0.4, -0.2) is 63.2 Å². The van der Waals surface area contributed by atoms with Gasteiger partial charge in [-0.3, -0.25) is 10.2 Å². The molecule has 0 aliphatic heterocycles. The molecule has 0 saturated carbocycles. The van der Waals surface area contributed by atoms with E-state index < -0.39 is 5.91 Å². The molecule has 0 heterocycles. The highest BCUT2D eigenvalue weighted by Crippen LogP contribution is 2.38. The third kappa shape index (κ3) is 9.73. The number of nitrogens with two attached hydrogens (primary N) is 2. The minimum Gasteiger partial charge on any atom is -0.493 e. The van der Waals surface area contributed by atoms with Crippen LogP contribution in [0.1, 0.15) is 37.7 Å². The molecule has 1 aromatic rings. The lowest BCUT2D eigenvalue weighted by atomic mass is 10.1. The number of hydrogen-bond acceptors (Lipinski definition) is 8. The smallest absolute Gasteiger partial charge is 0.269 e. The Labute approximate surface area is 189 Å². The minimum absolute atomic E-state index is 0.0171. The summed E-state index contributed by atoms with van der Waals surface area (Å²) < 4.78 is 16.5. The van der Waals surface area contributed by atoms with Crippen LogP contribution in [0.4, 0.5) is 0 Å². The van der Waals surface area contributed by atoms with Gasteiger partial charge in [-0.05, 0) is 43.5 Å². The van der Waals surface area contributed by atoms with Crippen LogP contribution in [0.25, 0.3) is 0 Å². The maximum absolute atomic E-state index is 12.4. The van der Waals surface area contributed by atoms with E-state index in [0.29, 0.717) is 55.5 Å². The second-order valence-electron chi connectivity index (χ2n) is 7.05. The van der Waals surface area contributed by atoms with E-state index in [0.717, 1.165) is 25.7 Å². The lowest BCUT2D eigenvalue weighted by Crippen LogP contribution is -2.33. The molecule has 1 aromatic carbocycles. The molecule has 0 saturated heterocycles. The van der Waals surface area contributed by atoms with Gasteiger partial charge >= 0.3 is 0 Å². The standard InChI is InChI=1S/C21H36N6O5/c1-30-17-13-15(14-18(31-2)19(17)32-11-7-8-22)12-16(27-29)20(28)25-9-5-3-4-6-10-26-21(23)24/h13-14,29H,3-12,22H2,1-2H3,(H,25,28)(H4,23,24,26). The fourth-order valence-electron chi connectivity index (χ4n) is 2.92. The first-order valence-corrected chi connectivity index (χ1v) is 10.6. The first-order chi connectivity index (χ1) is 15.5. The van der Waals surface area contributed by atoms with Crippen molar-refractivity contribution >= 4 is 17.6 Å². The summed E-state index contributed by atoms with van der Waals surface area (Å²) in [6.07, 6.45) is 4.34. The molecule has 0 aromatic heterocycles. The summed E-state index contributed by atoms with van der Waals surface area (Å²) in [6.45, 7) is 2.05. The highest BCUT2D eigenvalue weighted by molar-refractivity contribution is 6.39. The summed E-state index contributed by atoms with van der Waals surface area (Å²) in [5.74, 6) is 0.892. The van der Waals surface area contributed by atoms with E-state index in [2.05, 4.69) is 15.8 Å². The van der Waals surface area contributed by atoms with Crippen molar-refractivity contribution in [3.8, 4) is 17.2 Å². The van der Waals surface area contributed by atoms with E-state index in [1.54, 1.807) is 12.1 Å². The molecule has 8 N–H and O–H groups in total. The first-order valence-electron chi connectivity index (χ1n) is 10.6. The van der Waals surface area contributed by atoms with Crippen LogP contribution in [0, 0.1) is 5.41 Å². The Hall–Kier alpha value is -3.21. The topological polar surface area (TPSA) is 177 Å². The van der Waals surface area contributed by atoms with Crippen molar-refractivity contribution in [1.82, 2.24) is 10.6 Å². The molecular weight excluding hydrogens is 416 g/mol. The van der Waals surface area contributed by atoms with Gasteiger partial charge in [0, 0.05) is 19.5 Å². The highest BCUT2D eigenvalue weighted by atomic mass is 16.5. The Morgan fingerprint density at radius 3 is 2.16 bits per heavy atom. The van der Waals surface area contributed by atoms with E-state index in [9.17, 15) is 10.0 Å². The molecule has 0 spiro atoms. The first kappa shape index (κ1) is 26.8. The summed E-state index contributed by atoms with van der Waals surface area (Å²) in [7, 11) is 3.02. The molecule has 0 aliphatic carbocycles. The van der Waals surface area contributed by atoms with E-state index >= 15 is 0 Å². The summed E-state index contributed by atoms with van der Waals surface area (Å²) in [6, 6.07) is 3.43. The molecule has 0 unspecified atom stereocenters. The summed E-state index contributed by atoms with van der Waals surface area (Å²) in [5.41, 5.74) is 11.4. The number of benzene rings is 1. The SMILES string of the molecule is COc1cc(CC(=NO)C(=O)NCCCCCCNC(=N)N)cc(OC)c1OCCCN. The molecule has 180 valence electrons. The van der Waals surface area contributed by atoms with Crippen molar-refractivity contribution in [1.29, 1.82) is 5.41 Å². The number of methoxy groups -OCH3 is 2. The van der Waals surface area contributed by atoms with Crippen LogP contribution in [0.5, 0.6) is 17.2 Å². The van der Waals surface area contributed by atoms with E-state index in [1.165, 1.54) is 14.2 Å². The summed E-state index contributed by atoms with van der Waals surface area (Å²) in [4.78, 5) is 12.4. The second kappa shape index (κ2) is 15.6. The number of nitrogens with one attached hydrogen (secondary N) is 3. The van der Waals surface area contributed by atoms with Crippen LogP contribution in [0.3, 0.4) is 0 Å². The second-order valence-corrected chi connectivity index (χ2v) is 7.05. The number of hydrogen-bond donors (Lipinski definition) is 6. The van der Waals surface area contributed by atoms with Gasteiger partial charge in [0.25, 0.3) is 5.91 Å².